The van der Waals surface area contributed by atoms with Gasteiger partial charge in [0.15, 0.2) is 0 Å². The number of hydrogen-bond donors (Lipinski definition) is 1. The lowest BCUT2D eigenvalue weighted by molar-refractivity contribution is 0.110. The van der Waals surface area contributed by atoms with Crippen LogP contribution in [0.2, 0.25) is 0 Å². The van der Waals surface area contributed by atoms with Gasteiger partial charge in [-0.2, -0.15) is 0 Å². The molecule has 1 rings (SSSR count). The predicted molar refractivity (Wildman–Crippen MR) is 75.0 cm³/mol. The van der Waals surface area contributed by atoms with Crippen LogP contribution in [0.5, 0.6) is 5.75 Å². The fraction of sp³-hybridized carbons (Fsp3) is 0.600. The Bertz CT molecular complexity index is 326. The van der Waals surface area contributed by atoms with Gasteiger partial charge in [-0.25, -0.2) is 0 Å². The molecule has 18 heavy (non-hydrogen) atoms. The van der Waals surface area contributed by atoms with E-state index in [1.54, 1.807) is 0 Å². The van der Waals surface area contributed by atoms with Crippen molar-refractivity contribution >= 4 is 0 Å². The SMILES string of the molecule is CCOCCOc1ccccc1CNCC(C)C. The molecule has 0 atom stereocenters. The van der Waals surface area contributed by atoms with Gasteiger partial charge in [-0.05, 0) is 25.5 Å². The summed E-state index contributed by atoms with van der Waals surface area (Å²) < 4.78 is 11.0. The van der Waals surface area contributed by atoms with Crippen LogP contribution in [0.15, 0.2) is 24.3 Å². The van der Waals surface area contributed by atoms with E-state index in [-0.39, 0.29) is 0 Å². The Kier molecular flexibility index (Phi) is 7.46. The Morgan fingerprint density at radius 2 is 1.94 bits per heavy atom. The summed E-state index contributed by atoms with van der Waals surface area (Å²) in [6, 6.07) is 8.16. The Labute approximate surface area is 110 Å². The van der Waals surface area contributed by atoms with Gasteiger partial charge in [0, 0.05) is 18.7 Å². The topological polar surface area (TPSA) is 30.5 Å². The van der Waals surface area contributed by atoms with Crippen molar-refractivity contribution in [3.63, 3.8) is 0 Å². The van der Waals surface area contributed by atoms with Crippen molar-refractivity contribution in [3.05, 3.63) is 29.8 Å². The van der Waals surface area contributed by atoms with E-state index in [1.165, 1.54) is 5.56 Å². The molecule has 3 nitrogen and oxygen atoms in total. The van der Waals surface area contributed by atoms with E-state index in [1.807, 2.05) is 25.1 Å². The number of para-hydroxylation sites is 1. The first kappa shape index (κ1) is 15.0. The molecule has 0 saturated carbocycles. The molecular formula is C15H25NO2. The maximum absolute atomic E-state index is 5.73. The minimum absolute atomic E-state index is 0.606. The van der Waals surface area contributed by atoms with E-state index in [9.17, 15) is 0 Å². The molecule has 0 spiro atoms. The lowest BCUT2D eigenvalue weighted by Crippen LogP contribution is -2.19. The zero-order chi connectivity index (χ0) is 13.2. The molecule has 102 valence electrons. The second-order valence-electron chi connectivity index (χ2n) is 4.68. The summed E-state index contributed by atoms with van der Waals surface area (Å²) in [5.74, 6) is 1.62. The Morgan fingerprint density at radius 3 is 2.67 bits per heavy atom. The van der Waals surface area contributed by atoms with Gasteiger partial charge in [0.25, 0.3) is 0 Å². The van der Waals surface area contributed by atoms with Crippen LogP contribution >= 0.6 is 0 Å². The molecule has 0 aromatic heterocycles. The van der Waals surface area contributed by atoms with E-state index in [0.717, 1.165) is 25.4 Å². The van der Waals surface area contributed by atoms with Crippen molar-refractivity contribution in [1.82, 2.24) is 5.32 Å². The fourth-order valence-corrected chi connectivity index (χ4v) is 1.64. The molecule has 3 heteroatoms. The van der Waals surface area contributed by atoms with Crippen molar-refractivity contribution in [3.8, 4) is 5.75 Å². The second kappa shape index (κ2) is 8.95. The lowest BCUT2D eigenvalue weighted by atomic mass is 10.2. The molecule has 0 saturated heterocycles. The first-order chi connectivity index (χ1) is 8.74. The molecule has 1 aromatic carbocycles. The molecule has 1 aromatic rings. The molecule has 0 amide bonds. The largest absolute Gasteiger partial charge is 0.491 e. The van der Waals surface area contributed by atoms with Crippen molar-refractivity contribution in [2.45, 2.75) is 27.3 Å². The van der Waals surface area contributed by atoms with Crippen LogP contribution in [0.4, 0.5) is 0 Å². The third-order valence-electron chi connectivity index (χ3n) is 2.53. The quantitative estimate of drug-likeness (QED) is 0.685. The summed E-state index contributed by atoms with van der Waals surface area (Å²) in [4.78, 5) is 0. The number of hydrogen-bond acceptors (Lipinski definition) is 3. The highest BCUT2D eigenvalue weighted by Crippen LogP contribution is 2.17. The minimum Gasteiger partial charge on any atom is -0.491 e. The van der Waals surface area contributed by atoms with Gasteiger partial charge in [-0.3, -0.25) is 0 Å². The molecule has 0 aliphatic rings. The Morgan fingerprint density at radius 1 is 1.17 bits per heavy atom. The summed E-state index contributed by atoms with van der Waals surface area (Å²) in [7, 11) is 0. The van der Waals surface area contributed by atoms with E-state index >= 15 is 0 Å². The van der Waals surface area contributed by atoms with Gasteiger partial charge in [0.05, 0.1) is 6.61 Å². The zero-order valence-electron chi connectivity index (χ0n) is 11.7. The van der Waals surface area contributed by atoms with Gasteiger partial charge < -0.3 is 14.8 Å². The molecule has 0 fully saturated rings. The average molecular weight is 251 g/mol. The van der Waals surface area contributed by atoms with Gasteiger partial charge in [-0.1, -0.05) is 32.0 Å². The molecule has 0 aliphatic carbocycles. The highest BCUT2D eigenvalue weighted by Gasteiger charge is 2.03. The van der Waals surface area contributed by atoms with Crippen molar-refractivity contribution in [1.29, 1.82) is 0 Å². The van der Waals surface area contributed by atoms with Gasteiger partial charge >= 0.3 is 0 Å². The van der Waals surface area contributed by atoms with Gasteiger partial charge in [0.2, 0.25) is 0 Å². The van der Waals surface area contributed by atoms with Gasteiger partial charge in [-0.15, -0.1) is 0 Å². The molecule has 0 unspecified atom stereocenters. The molecular weight excluding hydrogens is 226 g/mol. The third kappa shape index (κ3) is 6.03. The first-order valence-electron chi connectivity index (χ1n) is 6.73. The summed E-state index contributed by atoms with van der Waals surface area (Å²) >= 11 is 0. The van der Waals surface area contributed by atoms with Crippen LogP contribution in [0.1, 0.15) is 26.3 Å². The summed E-state index contributed by atoms with van der Waals surface area (Å²) in [6.07, 6.45) is 0. The second-order valence-corrected chi connectivity index (χ2v) is 4.68. The number of ether oxygens (including phenoxy) is 2. The van der Waals surface area contributed by atoms with Crippen molar-refractivity contribution < 1.29 is 9.47 Å². The molecule has 1 N–H and O–H groups in total. The summed E-state index contributed by atoms with van der Waals surface area (Å²) in [5, 5.41) is 3.43. The van der Waals surface area contributed by atoms with E-state index < -0.39 is 0 Å². The predicted octanol–water partition coefficient (Wildman–Crippen LogP) is 2.85. The highest BCUT2D eigenvalue weighted by molar-refractivity contribution is 5.33. The van der Waals surface area contributed by atoms with Crippen LogP contribution in [0, 0.1) is 5.92 Å². The minimum atomic E-state index is 0.606. The van der Waals surface area contributed by atoms with Crippen molar-refractivity contribution in [2.24, 2.45) is 5.92 Å². The molecule has 0 aliphatic heterocycles. The van der Waals surface area contributed by atoms with Crippen LogP contribution in [0.3, 0.4) is 0 Å². The monoisotopic (exact) mass is 251 g/mol. The maximum atomic E-state index is 5.73. The smallest absolute Gasteiger partial charge is 0.123 e. The molecule has 0 radical (unpaired) electrons. The van der Waals surface area contributed by atoms with Gasteiger partial charge in [0.1, 0.15) is 12.4 Å². The van der Waals surface area contributed by atoms with Crippen molar-refractivity contribution in [2.75, 3.05) is 26.4 Å². The fourth-order valence-electron chi connectivity index (χ4n) is 1.64. The number of rotatable bonds is 9. The first-order valence-corrected chi connectivity index (χ1v) is 6.73. The van der Waals surface area contributed by atoms with E-state index in [4.69, 9.17) is 9.47 Å². The van der Waals surface area contributed by atoms with Crippen LogP contribution in [-0.4, -0.2) is 26.4 Å². The molecule has 0 heterocycles. The number of nitrogens with one attached hydrogen (secondary N) is 1. The van der Waals surface area contributed by atoms with E-state index in [2.05, 4.69) is 25.2 Å². The zero-order valence-corrected chi connectivity index (χ0v) is 11.7. The van der Waals surface area contributed by atoms with Crippen LogP contribution in [-0.2, 0) is 11.3 Å². The average Bonchev–Trinajstić information content (AvgIpc) is 2.36. The third-order valence-corrected chi connectivity index (χ3v) is 2.53. The summed E-state index contributed by atoms with van der Waals surface area (Å²) in [5.41, 5.74) is 1.20. The Hall–Kier alpha value is -1.06. The summed E-state index contributed by atoms with van der Waals surface area (Å²) in [6.45, 7) is 10.3. The highest BCUT2D eigenvalue weighted by atomic mass is 16.5. The van der Waals surface area contributed by atoms with Crippen LogP contribution < -0.4 is 10.1 Å². The lowest BCUT2D eigenvalue weighted by Gasteiger charge is -2.13. The van der Waals surface area contributed by atoms with Crippen LogP contribution in [0.25, 0.3) is 0 Å². The standard InChI is InChI=1S/C15H25NO2/c1-4-17-9-10-18-15-8-6-5-7-14(15)12-16-11-13(2)3/h5-8,13,16H,4,9-12H2,1-3H3. The molecule has 0 bridgehead atoms. The number of benzene rings is 1. The Balaban J connectivity index is 2.40. The van der Waals surface area contributed by atoms with E-state index in [0.29, 0.717) is 19.1 Å². The normalized spacial score (nSPS) is 10.9. The maximum Gasteiger partial charge on any atom is 0.123 e.